The number of halogens is 1. The normalized spacial score (nSPS) is 13.4. The standard InChI is InChI=1S/C21H19Cl/c1-2-3-7-19(22)17-12-10-16-9-8-14-5-4-6-15-11-13-18(17)21(16)20(14)15/h4-6,8-13,19H,2-3,7H2,1H3. The molecule has 0 spiro atoms. The number of alkyl halides is 1. The van der Waals surface area contributed by atoms with Gasteiger partial charge in [0.25, 0.3) is 0 Å². The van der Waals surface area contributed by atoms with Crippen LogP contribution in [0.3, 0.4) is 0 Å². The third kappa shape index (κ3) is 2.06. The molecule has 4 aromatic rings. The second kappa shape index (κ2) is 5.44. The molecule has 0 heterocycles. The van der Waals surface area contributed by atoms with E-state index in [0.717, 1.165) is 6.42 Å². The molecule has 0 nitrogen and oxygen atoms in total. The minimum Gasteiger partial charge on any atom is -0.118 e. The van der Waals surface area contributed by atoms with E-state index in [0.29, 0.717) is 0 Å². The molecule has 0 aliphatic carbocycles. The number of hydrogen-bond acceptors (Lipinski definition) is 0. The molecule has 0 aliphatic rings. The van der Waals surface area contributed by atoms with Crippen molar-refractivity contribution in [2.45, 2.75) is 31.6 Å². The van der Waals surface area contributed by atoms with E-state index in [1.807, 2.05) is 0 Å². The van der Waals surface area contributed by atoms with Crippen LogP contribution >= 0.6 is 11.6 Å². The van der Waals surface area contributed by atoms with E-state index < -0.39 is 0 Å². The van der Waals surface area contributed by atoms with E-state index in [4.69, 9.17) is 11.6 Å². The highest BCUT2D eigenvalue weighted by Crippen LogP contribution is 2.39. The lowest BCUT2D eigenvalue weighted by Gasteiger charge is -2.16. The summed E-state index contributed by atoms with van der Waals surface area (Å²) in [5.41, 5.74) is 1.28. The third-order valence-corrected chi connectivity index (χ3v) is 5.16. The van der Waals surface area contributed by atoms with Gasteiger partial charge in [0.05, 0.1) is 5.38 Å². The quantitative estimate of drug-likeness (QED) is 0.280. The van der Waals surface area contributed by atoms with Crippen LogP contribution in [0.1, 0.15) is 37.1 Å². The maximum absolute atomic E-state index is 6.71. The summed E-state index contributed by atoms with van der Waals surface area (Å²) in [6, 6.07) is 19.9. The average molecular weight is 307 g/mol. The monoisotopic (exact) mass is 306 g/mol. The van der Waals surface area contributed by atoms with Crippen LogP contribution in [0.4, 0.5) is 0 Å². The van der Waals surface area contributed by atoms with Gasteiger partial charge in [-0.15, -0.1) is 11.6 Å². The van der Waals surface area contributed by atoms with Crippen LogP contribution in [0.5, 0.6) is 0 Å². The zero-order valence-corrected chi connectivity index (χ0v) is 13.5. The van der Waals surface area contributed by atoms with Crippen molar-refractivity contribution in [2.75, 3.05) is 0 Å². The topological polar surface area (TPSA) is 0 Å². The van der Waals surface area contributed by atoms with E-state index in [2.05, 4.69) is 61.5 Å². The van der Waals surface area contributed by atoms with Gasteiger partial charge in [0.2, 0.25) is 0 Å². The van der Waals surface area contributed by atoms with Gasteiger partial charge in [-0.2, -0.15) is 0 Å². The van der Waals surface area contributed by atoms with Gasteiger partial charge in [0, 0.05) is 0 Å². The first-order valence-electron chi connectivity index (χ1n) is 8.10. The molecule has 0 N–H and O–H groups in total. The Labute approximate surface area is 136 Å². The van der Waals surface area contributed by atoms with Gasteiger partial charge in [0.15, 0.2) is 0 Å². The maximum atomic E-state index is 6.71. The summed E-state index contributed by atoms with van der Waals surface area (Å²) in [6.07, 6.45) is 3.41. The summed E-state index contributed by atoms with van der Waals surface area (Å²) in [4.78, 5) is 0. The number of rotatable bonds is 4. The van der Waals surface area contributed by atoms with Crippen molar-refractivity contribution in [3.8, 4) is 0 Å². The highest BCUT2D eigenvalue weighted by atomic mass is 35.5. The molecule has 0 aliphatic heterocycles. The van der Waals surface area contributed by atoms with Crippen molar-refractivity contribution < 1.29 is 0 Å². The smallest absolute Gasteiger partial charge is 0.0591 e. The Morgan fingerprint density at radius 2 is 1.45 bits per heavy atom. The van der Waals surface area contributed by atoms with Crippen LogP contribution in [-0.4, -0.2) is 0 Å². The van der Waals surface area contributed by atoms with E-state index in [1.54, 1.807) is 0 Å². The second-order valence-electron chi connectivity index (χ2n) is 6.12. The van der Waals surface area contributed by atoms with Gasteiger partial charge in [-0.3, -0.25) is 0 Å². The first-order chi connectivity index (χ1) is 10.8. The summed E-state index contributed by atoms with van der Waals surface area (Å²) < 4.78 is 0. The molecular formula is C21H19Cl. The van der Waals surface area contributed by atoms with Gasteiger partial charge in [-0.25, -0.2) is 0 Å². The van der Waals surface area contributed by atoms with Crippen molar-refractivity contribution in [3.05, 3.63) is 60.2 Å². The molecule has 1 heteroatoms. The molecule has 0 saturated heterocycles. The van der Waals surface area contributed by atoms with Gasteiger partial charge >= 0.3 is 0 Å². The zero-order valence-electron chi connectivity index (χ0n) is 12.8. The summed E-state index contributed by atoms with van der Waals surface area (Å²) in [5, 5.41) is 8.10. The molecule has 4 aromatic carbocycles. The largest absolute Gasteiger partial charge is 0.118 e. The Morgan fingerprint density at radius 1 is 0.818 bits per heavy atom. The van der Waals surface area contributed by atoms with E-state index in [1.165, 1.54) is 50.7 Å². The summed E-state index contributed by atoms with van der Waals surface area (Å²) in [5.74, 6) is 0. The van der Waals surface area contributed by atoms with Crippen LogP contribution in [0.15, 0.2) is 54.6 Å². The Kier molecular flexibility index (Phi) is 3.43. The molecule has 0 saturated carbocycles. The fourth-order valence-electron chi connectivity index (χ4n) is 3.57. The van der Waals surface area contributed by atoms with Gasteiger partial charge in [-0.1, -0.05) is 74.4 Å². The molecular weight excluding hydrogens is 288 g/mol. The van der Waals surface area contributed by atoms with Crippen LogP contribution in [0.2, 0.25) is 0 Å². The Balaban J connectivity index is 2.04. The molecule has 4 rings (SSSR count). The van der Waals surface area contributed by atoms with E-state index >= 15 is 0 Å². The third-order valence-electron chi connectivity index (χ3n) is 4.71. The fourth-order valence-corrected chi connectivity index (χ4v) is 3.91. The predicted molar refractivity (Wildman–Crippen MR) is 98.3 cm³/mol. The number of benzene rings is 4. The molecule has 1 atom stereocenters. The lowest BCUT2D eigenvalue weighted by atomic mass is 9.90. The highest BCUT2D eigenvalue weighted by molar-refractivity contribution is 6.26. The summed E-state index contributed by atoms with van der Waals surface area (Å²) in [7, 11) is 0. The molecule has 0 radical (unpaired) electrons. The Hall–Kier alpha value is -1.79. The predicted octanol–water partition coefficient (Wildman–Crippen LogP) is 7.05. The molecule has 0 bridgehead atoms. The Morgan fingerprint density at radius 3 is 2.18 bits per heavy atom. The van der Waals surface area contributed by atoms with Crippen LogP contribution in [0, 0.1) is 0 Å². The van der Waals surface area contributed by atoms with E-state index in [-0.39, 0.29) is 5.38 Å². The molecule has 1 unspecified atom stereocenters. The second-order valence-corrected chi connectivity index (χ2v) is 6.65. The molecule has 0 amide bonds. The lowest BCUT2D eigenvalue weighted by molar-refractivity contribution is 0.703. The van der Waals surface area contributed by atoms with Crippen molar-refractivity contribution in [1.29, 1.82) is 0 Å². The van der Waals surface area contributed by atoms with Crippen molar-refractivity contribution in [2.24, 2.45) is 0 Å². The Bertz CT molecular complexity index is 923. The van der Waals surface area contributed by atoms with Gasteiger partial charge in [0.1, 0.15) is 0 Å². The van der Waals surface area contributed by atoms with Crippen LogP contribution in [-0.2, 0) is 0 Å². The van der Waals surface area contributed by atoms with Crippen LogP contribution < -0.4 is 0 Å². The van der Waals surface area contributed by atoms with Crippen molar-refractivity contribution in [1.82, 2.24) is 0 Å². The zero-order chi connectivity index (χ0) is 15.1. The lowest BCUT2D eigenvalue weighted by Crippen LogP contribution is -1.94. The first-order valence-corrected chi connectivity index (χ1v) is 8.53. The molecule has 0 aromatic heterocycles. The molecule has 22 heavy (non-hydrogen) atoms. The summed E-state index contributed by atoms with van der Waals surface area (Å²) in [6.45, 7) is 2.22. The van der Waals surface area contributed by atoms with E-state index in [9.17, 15) is 0 Å². The molecule has 110 valence electrons. The van der Waals surface area contributed by atoms with Crippen molar-refractivity contribution in [3.63, 3.8) is 0 Å². The highest BCUT2D eigenvalue weighted by Gasteiger charge is 2.15. The van der Waals surface area contributed by atoms with Gasteiger partial charge < -0.3 is 0 Å². The minimum atomic E-state index is 0.101. The molecule has 0 fully saturated rings. The average Bonchev–Trinajstić information content (AvgIpc) is 2.57. The van der Waals surface area contributed by atoms with Crippen LogP contribution in [0.25, 0.3) is 32.3 Å². The van der Waals surface area contributed by atoms with Crippen molar-refractivity contribution >= 4 is 43.9 Å². The first kappa shape index (κ1) is 13.8. The van der Waals surface area contributed by atoms with Gasteiger partial charge in [-0.05, 0) is 44.3 Å². The fraction of sp³-hybridized carbons (Fsp3) is 0.238. The number of hydrogen-bond donors (Lipinski definition) is 0. The maximum Gasteiger partial charge on any atom is 0.0591 e. The SMILES string of the molecule is CCCCC(Cl)c1ccc2ccc3cccc4ccc1c2c34. The summed E-state index contributed by atoms with van der Waals surface area (Å²) >= 11 is 6.71. The minimum absolute atomic E-state index is 0.101. The number of unbranched alkanes of at least 4 members (excludes halogenated alkanes) is 1.